The first-order chi connectivity index (χ1) is 18.1. The standard InChI is InChI=1S/C30H31N3O4/c34-29(21-36-27-11-9-23-5-1-3-7-25(23)19-27)31-13-14-32-15-17-33(18-16-32)30(35)22-37-28-12-10-24-6-2-4-8-26(24)20-28/h1-12,19-20H,13-18,21-22H2,(H,31,34). The maximum atomic E-state index is 12.6. The van der Waals surface area contributed by atoms with E-state index in [2.05, 4.69) is 16.3 Å². The predicted octanol–water partition coefficient (Wildman–Crippen LogP) is 3.71. The zero-order chi connectivity index (χ0) is 25.5. The highest BCUT2D eigenvalue weighted by Gasteiger charge is 2.21. The van der Waals surface area contributed by atoms with E-state index in [4.69, 9.17) is 9.47 Å². The Morgan fingerprint density at radius 1 is 0.676 bits per heavy atom. The molecule has 0 aromatic heterocycles. The number of amides is 2. The first kappa shape index (κ1) is 24.6. The summed E-state index contributed by atoms with van der Waals surface area (Å²) in [5, 5.41) is 7.37. The lowest BCUT2D eigenvalue weighted by Crippen LogP contribution is -2.51. The minimum Gasteiger partial charge on any atom is -0.484 e. The second kappa shape index (κ2) is 11.8. The molecule has 5 rings (SSSR count). The van der Waals surface area contributed by atoms with Crippen LogP contribution >= 0.6 is 0 Å². The van der Waals surface area contributed by atoms with Gasteiger partial charge in [0, 0.05) is 39.3 Å². The summed E-state index contributed by atoms with van der Waals surface area (Å²) in [6, 6.07) is 27.8. The van der Waals surface area contributed by atoms with E-state index in [1.54, 1.807) is 0 Å². The van der Waals surface area contributed by atoms with Crippen LogP contribution in [0, 0.1) is 0 Å². The van der Waals surface area contributed by atoms with Crippen LogP contribution in [0.2, 0.25) is 0 Å². The van der Waals surface area contributed by atoms with Crippen LogP contribution in [0.25, 0.3) is 21.5 Å². The number of fused-ring (bicyclic) bond motifs is 2. The van der Waals surface area contributed by atoms with E-state index >= 15 is 0 Å². The second-order valence-corrected chi connectivity index (χ2v) is 9.17. The van der Waals surface area contributed by atoms with E-state index < -0.39 is 0 Å². The quantitative estimate of drug-likeness (QED) is 0.382. The molecule has 0 atom stereocenters. The lowest BCUT2D eigenvalue weighted by Gasteiger charge is -2.34. The van der Waals surface area contributed by atoms with E-state index in [1.165, 1.54) is 0 Å². The average molecular weight is 498 g/mol. The van der Waals surface area contributed by atoms with Crippen molar-refractivity contribution in [1.82, 2.24) is 15.1 Å². The highest BCUT2D eigenvalue weighted by Crippen LogP contribution is 2.21. The fourth-order valence-corrected chi connectivity index (χ4v) is 4.52. The normalized spacial score (nSPS) is 14.0. The Kier molecular flexibility index (Phi) is 7.81. The summed E-state index contributed by atoms with van der Waals surface area (Å²) in [6.07, 6.45) is 0. The Labute approximate surface area is 216 Å². The molecule has 1 aliphatic rings. The first-order valence-electron chi connectivity index (χ1n) is 12.6. The van der Waals surface area contributed by atoms with Gasteiger partial charge in [-0.15, -0.1) is 0 Å². The van der Waals surface area contributed by atoms with E-state index in [1.807, 2.05) is 83.8 Å². The fourth-order valence-electron chi connectivity index (χ4n) is 4.52. The third-order valence-electron chi connectivity index (χ3n) is 6.65. The smallest absolute Gasteiger partial charge is 0.260 e. The van der Waals surface area contributed by atoms with Crippen LogP contribution in [0.1, 0.15) is 0 Å². The average Bonchev–Trinajstić information content (AvgIpc) is 2.95. The highest BCUT2D eigenvalue weighted by atomic mass is 16.5. The van der Waals surface area contributed by atoms with E-state index in [0.29, 0.717) is 31.1 Å². The van der Waals surface area contributed by atoms with Crippen LogP contribution in [-0.2, 0) is 9.59 Å². The molecule has 4 aromatic rings. The molecule has 1 aliphatic heterocycles. The van der Waals surface area contributed by atoms with E-state index in [9.17, 15) is 9.59 Å². The maximum absolute atomic E-state index is 12.6. The number of rotatable bonds is 9. The van der Waals surface area contributed by atoms with Crippen LogP contribution in [-0.4, -0.2) is 74.1 Å². The largest absolute Gasteiger partial charge is 0.484 e. The van der Waals surface area contributed by atoms with Gasteiger partial charge in [0.05, 0.1) is 0 Å². The van der Waals surface area contributed by atoms with Crippen LogP contribution < -0.4 is 14.8 Å². The molecule has 2 amide bonds. The lowest BCUT2D eigenvalue weighted by molar-refractivity contribution is -0.135. The summed E-state index contributed by atoms with van der Waals surface area (Å²) >= 11 is 0. The molecule has 0 radical (unpaired) electrons. The monoisotopic (exact) mass is 497 g/mol. The summed E-state index contributed by atoms with van der Waals surface area (Å²) in [5.41, 5.74) is 0. The molecule has 1 fully saturated rings. The lowest BCUT2D eigenvalue weighted by atomic mass is 10.1. The molecule has 0 saturated carbocycles. The van der Waals surface area contributed by atoms with Gasteiger partial charge in [0.15, 0.2) is 13.2 Å². The maximum Gasteiger partial charge on any atom is 0.260 e. The number of benzene rings is 4. The summed E-state index contributed by atoms with van der Waals surface area (Å²) < 4.78 is 11.4. The number of ether oxygens (including phenoxy) is 2. The second-order valence-electron chi connectivity index (χ2n) is 9.17. The molecular weight excluding hydrogens is 466 g/mol. The Balaban J connectivity index is 0.977. The van der Waals surface area contributed by atoms with Gasteiger partial charge in [-0.2, -0.15) is 0 Å². The van der Waals surface area contributed by atoms with Gasteiger partial charge in [0.25, 0.3) is 11.8 Å². The van der Waals surface area contributed by atoms with Gasteiger partial charge in [-0.1, -0.05) is 60.7 Å². The van der Waals surface area contributed by atoms with Crippen molar-refractivity contribution in [2.45, 2.75) is 0 Å². The molecule has 7 heteroatoms. The first-order valence-corrected chi connectivity index (χ1v) is 12.6. The van der Waals surface area contributed by atoms with E-state index in [0.717, 1.165) is 41.2 Å². The van der Waals surface area contributed by atoms with Crippen molar-refractivity contribution in [2.75, 3.05) is 52.5 Å². The number of nitrogens with one attached hydrogen (secondary N) is 1. The zero-order valence-electron chi connectivity index (χ0n) is 20.8. The van der Waals surface area contributed by atoms with E-state index in [-0.39, 0.29) is 25.0 Å². The van der Waals surface area contributed by atoms with Crippen LogP contribution in [0.15, 0.2) is 84.9 Å². The van der Waals surface area contributed by atoms with Crippen LogP contribution in [0.4, 0.5) is 0 Å². The summed E-state index contributed by atoms with van der Waals surface area (Å²) in [4.78, 5) is 28.9. The van der Waals surface area contributed by atoms with Gasteiger partial charge < -0.3 is 19.7 Å². The predicted molar refractivity (Wildman–Crippen MR) is 145 cm³/mol. The van der Waals surface area contributed by atoms with Crippen molar-refractivity contribution >= 4 is 33.4 Å². The van der Waals surface area contributed by atoms with Gasteiger partial charge >= 0.3 is 0 Å². The van der Waals surface area contributed by atoms with Crippen LogP contribution in [0.3, 0.4) is 0 Å². The molecule has 1 N–H and O–H groups in total. The molecular formula is C30H31N3O4. The van der Waals surface area contributed by atoms with Gasteiger partial charge in [-0.05, 0) is 45.8 Å². The number of piperazine rings is 1. The molecule has 7 nitrogen and oxygen atoms in total. The van der Waals surface area contributed by atoms with Gasteiger partial charge in [-0.3, -0.25) is 14.5 Å². The summed E-state index contributed by atoms with van der Waals surface area (Å²) in [7, 11) is 0. The number of carbonyl (C=O) groups is 2. The minimum atomic E-state index is -0.146. The topological polar surface area (TPSA) is 71.1 Å². The zero-order valence-corrected chi connectivity index (χ0v) is 20.8. The Bertz CT molecular complexity index is 1380. The number of nitrogens with zero attached hydrogens (tertiary/aromatic N) is 2. The molecule has 190 valence electrons. The van der Waals surface area contributed by atoms with Gasteiger partial charge in [-0.25, -0.2) is 0 Å². The Morgan fingerprint density at radius 3 is 1.81 bits per heavy atom. The molecule has 4 aromatic carbocycles. The summed E-state index contributed by atoms with van der Waals surface area (Å²) in [6.45, 7) is 4.13. The number of hydrogen-bond donors (Lipinski definition) is 1. The number of carbonyl (C=O) groups excluding carboxylic acids is 2. The Hall–Kier alpha value is -4.10. The molecule has 37 heavy (non-hydrogen) atoms. The fraction of sp³-hybridized carbons (Fsp3) is 0.267. The van der Waals surface area contributed by atoms with Gasteiger partial charge in [0.2, 0.25) is 0 Å². The minimum absolute atomic E-state index is 0.00745. The van der Waals surface area contributed by atoms with Crippen molar-refractivity contribution in [3.8, 4) is 11.5 Å². The Morgan fingerprint density at radius 2 is 1.22 bits per heavy atom. The van der Waals surface area contributed by atoms with Crippen molar-refractivity contribution < 1.29 is 19.1 Å². The number of hydrogen-bond acceptors (Lipinski definition) is 5. The SMILES string of the molecule is O=C(COc1ccc2ccccc2c1)NCCN1CCN(C(=O)COc2ccc3ccccc3c2)CC1. The van der Waals surface area contributed by atoms with Crippen molar-refractivity contribution in [2.24, 2.45) is 0 Å². The third-order valence-corrected chi connectivity index (χ3v) is 6.65. The van der Waals surface area contributed by atoms with Crippen molar-refractivity contribution in [3.63, 3.8) is 0 Å². The third kappa shape index (κ3) is 6.57. The molecule has 1 heterocycles. The summed E-state index contributed by atoms with van der Waals surface area (Å²) in [5.74, 6) is 1.23. The van der Waals surface area contributed by atoms with Crippen LogP contribution in [0.5, 0.6) is 11.5 Å². The molecule has 0 aliphatic carbocycles. The molecule has 1 saturated heterocycles. The van der Waals surface area contributed by atoms with Crippen molar-refractivity contribution in [3.05, 3.63) is 84.9 Å². The molecule has 0 unspecified atom stereocenters. The molecule has 0 bridgehead atoms. The highest BCUT2D eigenvalue weighted by molar-refractivity contribution is 5.85. The molecule has 0 spiro atoms. The van der Waals surface area contributed by atoms with Gasteiger partial charge in [0.1, 0.15) is 11.5 Å². The van der Waals surface area contributed by atoms with Crippen molar-refractivity contribution in [1.29, 1.82) is 0 Å².